The van der Waals surface area contributed by atoms with Crippen LogP contribution in [0.4, 0.5) is 0 Å². The van der Waals surface area contributed by atoms with E-state index in [0.717, 1.165) is 12.0 Å². The Morgan fingerprint density at radius 1 is 1.10 bits per heavy atom. The summed E-state index contributed by atoms with van der Waals surface area (Å²) < 4.78 is 16.4. The lowest BCUT2D eigenvalue weighted by atomic mass is 10.1. The van der Waals surface area contributed by atoms with Gasteiger partial charge in [0.25, 0.3) is 0 Å². The fourth-order valence-electron chi connectivity index (χ4n) is 3.06. The summed E-state index contributed by atoms with van der Waals surface area (Å²) in [6, 6.07) is 11.5. The van der Waals surface area contributed by atoms with Crippen molar-refractivity contribution in [3.63, 3.8) is 0 Å². The van der Waals surface area contributed by atoms with E-state index < -0.39 is 5.97 Å². The van der Waals surface area contributed by atoms with Gasteiger partial charge in [0.2, 0.25) is 5.91 Å². The molecule has 0 radical (unpaired) electrons. The van der Waals surface area contributed by atoms with Crippen molar-refractivity contribution < 1.29 is 23.8 Å². The molecule has 1 amide bonds. The third-order valence-electron chi connectivity index (χ3n) is 4.66. The number of hydrogen-bond acceptors (Lipinski definition) is 5. The molecule has 2 aromatic rings. The lowest BCUT2D eigenvalue weighted by molar-refractivity contribution is -0.143. The van der Waals surface area contributed by atoms with Crippen molar-refractivity contribution in [1.29, 1.82) is 0 Å². The maximum absolute atomic E-state index is 12.1. The highest BCUT2D eigenvalue weighted by Crippen LogP contribution is 2.38. The van der Waals surface area contributed by atoms with E-state index in [0.29, 0.717) is 48.1 Å². The standard InChI is InChI=1S/C23H26ClNO5/c1-16-3-5-17(6-4-16)7-8-21(26)25-9-12-29-22(27)15-18-13-19(24)23-20(14-18)28-10-2-11-30-23/h3-6,13-14H,2,7-12,15H2,1H3,(H,25,26). The molecule has 0 fully saturated rings. The number of rotatable bonds is 8. The van der Waals surface area contributed by atoms with Gasteiger partial charge in [-0.3, -0.25) is 9.59 Å². The number of nitrogens with one attached hydrogen (secondary N) is 1. The smallest absolute Gasteiger partial charge is 0.310 e. The Hall–Kier alpha value is -2.73. The molecular weight excluding hydrogens is 406 g/mol. The normalized spacial score (nSPS) is 12.7. The van der Waals surface area contributed by atoms with Crippen molar-refractivity contribution in [2.24, 2.45) is 0 Å². The number of carbonyl (C=O) groups excluding carboxylic acids is 2. The highest BCUT2D eigenvalue weighted by Gasteiger charge is 2.17. The molecule has 160 valence electrons. The quantitative estimate of drug-likeness (QED) is 0.510. The van der Waals surface area contributed by atoms with Gasteiger partial charge in [-0.05, 0) is 36.6 Å². The van der Waals surface area contributed by atoms with Gasteiger partial charge in [0.15, 0.2) is 11.5 Å². The number of esters is 1. The number of ether oxygens (including phenoxy) is 3. The number of hydrogen-bond donors (Lipinski definition) is 1. The third kappa shape index (κ3) is 6.66. The molecule has 30 heavy (non-hydrogen) atoms. The molecule has 1 heterocycles. The van der Waals surface area contributed by atoms with E-state index in [1.807, 2.05) is 31.2 Å². The number of carbonyl (C=O) groups is 2. The van der Waals surface area contributed by atoms with E-state index in [1.165, 1.54) is 5.56 Å². The van der Waals surface area contributed by atoms with E-state index >= 15 is 0 Å². The Bertz CT molecular complexity index is 882. The second-order valence-corrected chi connectivity index (χ2v) is 7.60. The summed E-state index contributed by atoms with van der Waals surface area (Å²) in [4.78, 5) is 24.0. The van der Waals surface area contributed by atoms with Gasteiger partial charge < -0.3 is 19.5 Å². The second kappa shape index (κ2) is 10.9. The van der Waals surface area contributed by atoms with Crippen LogP contribution in [0.2, 0.25) is 5.02 Å². The molecule has 7 heteroatoms. The topological polar surface area (TPSA) is 73.9 Å². The molecular formula is C23H26ClNO5. The molecule has 0 saturated heterocycles. The molecule has 0 spiro atoms. The van der Waals surface area contributed by atoms with Gasteiger partial charge in [0.1, 0.15) is 6.61 Å². The zero-order chi connectivity index (χ0) is 21.3. The minimum absolute atomic E-state index is 0.0672. The van der Waals surface area contributed by atoms with E-state index in [-0.39, 0.29) is 25.5 Å². The summed E-state index contributed by atoms with van der Waals surface area (Å²) in [5.41, 5.74) is 3.01. The van der Waals surface area contributed by atoms with Crippen molar-refractivity contribution >= 4 is 23.5 Å². The molecule has 1 aliphatic heterocycles. The lowest BCUT2D eigenvalue weighted by Gasteiger charge is -2.11. The van der Waals surface area contributed by atoms with Gasteiger partial charge in [0.05, 0.1) is 31.2 Å². The lowest BCUT2D eigenvalue weighted by Crippen LogP contribution is -2.28. The third-order valence-corrected chi connectivity index (χ3v) is 4.94. The summed E-state index contributed by atoms with van der Waals surface area (Å²) >= 11 is 6.24. The van der Waals surface area contributed by atoms with Gasteiger partial charge in [-0.15, -0.1) is 0 Å². The van der Waals surface area contributed by atoms with Gasteiger partial charge in [-0.25, -0.2) is 0 Å². The van der Waals surface area contributed by atoms with Crippen molar-refractivity contribution in [1.82, 2.24) is 5.32 Å². The first-order chi connectivity index (χ1) is 14.5. The SMILES string of the molecule is Cc1ccc(CCC(=O)NCCOC(=O)Cc2cc(Cl)c3c(c2)OCCCO3)cc1. The van der Waals surface area contributed by atoms with Crippen molar-refractivity contribution in [3.05, 3.63) is 58.1 Å². The van der Waals surface area contributed by atoms with E-state index in [9.17, 15) is 9.59 Å². The van der Waals surface area contributed by atoms with Crippen LogP contribution in [0.25, 0.3) is 0 Å². The second-order valence-electron chi connectivity index (χ2n) is 7.19. The number of amides is 1. The molecule has 0 aromatic heterocycles. The summed E-state index contributed by atoms with van der Waals surface area (Å²) in [5.74, 6) is 0.596. The van der Waals surface area contributed by atoms with Crippen LogP contribution in [0.3, 0.4) is 0 Å². The van der Waals surface area contributed by atoms with Crippen LogP contribution < -0.4 is 14.8 Å². The maximum Gasteiger partial charge on any atom is 0.310 e. The number of aryl methyl sites for hydroxylation is 2. The zero-order valence-corrected chi connectivity index (χ0v) is 17.8. The minimum atomic E-state index is -0.394. The van der Waals surface area contributed by atoms with Gasteiger partial charge in [0, 0.05) is 12.8 Å². The molecule has 3 rings (SSSR count). The Kier molecular flexibility index (Phi) is 7.97. The highest BCUT2D eigenvalue weighted by molar-refractivity contribution is 6.32. The first-order valence-electron chi connectivity index (χ1n) is 10.1. The van der Waals surface area contributed by atoms with Crippen LogP contribution in [-0.2, 0) is 27.2 Å². The van der Waals surface area contributed by atoms with E-state index in [4.69, 9.17) is 25.8 Å². The molecule has 0 atom stereocenters. The monoisotopic (exact) mass is 431 g/mol. The number of benzene rings is 2. The van der Waals surface area contributed by atoms with Crippen LogP contribution in [0, 0.1) is 6.92 Å². The average Bonchev–Trinajstić information content (AvgIpc) is 2.97. The molecule has 0 aliphatic carbocycles. The predicted octanol–water partition coefficient (Wildman–Crippen LogP) is 3.64. The molecule has 0 unspecified atom stereocenters. The summed E-state index contributed by atoms with van der Waals surface area (Å²) in [5, 5.41) is 3.18. The van der Waals surface area contributed by atoms with Crippen LogP contribution in [0.1, 0.15) is 29.5 Å². The average molecular weight is 432 g/mol. The highest BCUT2D eigenvalue weighted by atomic mass is 35.5. The Morgan fingerprint density at radius 3 is 2.67 bits per heavy atom. The molecule has 1 N–H and O–H groups in total. The number of halogens is 1. The van der Waals surface area contributed by atoms with Gasteiger partial charge in [-0.1, -0.05) is 41.4 Å². The summed E-state index contributed by atoms with van der Waals surface area (Å²) in [6.45, 7) is 3.51. The molecule has 2 aromatic carbocycles. The van der Waals surface area contributed by atoms with Crippen molar-refractivity contribution in [3.8, 4) is 11.5 Å². The van der Waals surface area contributed by atoms with Crippen LogP contribution in [-0.4, -0.2) is 38.2 Å². The Balaban J connectivity index is 1.36. The molecule has 0 saturated carbocycles. The summed E-state index contributed by atoms with van der Waals surface area (Å²) in [6.07, 6.45) is 1.92. The van der Waals surface area contributed by atoms with E-state index in [1.54, 1.807) is 12.1 Å². The van der Waals surface area contributed by atoms with Crippen LogP contribution in [0.15, 0.2) is 36.4 Å². The fourth-order valence-corrected chi connectivity index (χ4v) is 3.35. The Labute approximate surface area is 181 Å². The zero-order valence-electron chi connectivity index (χ0n) is 17.0. The first-order valence-corrected chi connectivity index (χ1v) is 10.4. The van der Waals surface area contributed by atoms with Gasteiger partial charge >= 0.3 is 5.97 Å². The van der Waals surface area contributed by atoms with Crippen LogP contribution >= 0.6 is 11.6 Å². The summed E-state index contributed by atoms with van der Waals surface area (Å²) in [7, 11) is 0. The Morgan fingerprint density at radius 2 is 1.87 bits per heavy atom. The molecule has 1 aliphatic rings. The predicted molar refractivity (Wildman–Crippen MR) is 114 cm³/mol. The molecule has 0 bridgehead atoms. The van der Waals surface area contributed by atoms with Crippen molar-refractivity contribution in [2.75, 3.05) is 26.4 Å². The largest absolute Gasteiger partial charge is 0.489 e. The van der Waals surface area contributed by atoms with E-state index in [2.05, 4.69) is 5.32 Å². The first kappa shape index (κ1) is 22.0. The maximum atomic E-state index is 12.1. The minimum Gasteiger partial charge on any atom is -0.489 e. The fraction of sp³-hybridized carbons (Fsp3) is 0.391. The van der Waals surface area contributed by atoms with Crippen LogP contribution in [0.5, 0.6) is 11.5 Å². The molecule has 6 nitrogen and oxygen atoms in total. The van der Waals surface area contributed by atoms with Crippen molar-refractivity contribution in [2.45, 2.75) is 32.6 Å². The number of fused-ring (bicyclic) bond motifs is 1. The van der Waals surface area contributed by atoms with Gasteiger partial charge in [-0.2, -0.15) is 0 Å².